The lowest BCUT2D eigenvalue weighted by Gasteiger charge is -2.22. The first-order valence-corrected chi connectivity index (χ1v) is 6.69. The van der Waals surface area contributed by atoms with Crippen LogP contribution in [0.5, 0.6) is 0 Å². The quantitative estimate of drug-likeness (QED) is 0.873. The van der Waals surface area contributed by atoms with Crippen molar-refractivity contribution in [3.63, 3.8) is 0 Å². The van der Waals surface area contributed by atoms with Crippen molar-refractivity contribution in [1.29, 1.82) is 0 Å². The van der Waals surface area contributed by atoms with Gasteiger partial charge in [-0.15, -0.1) is 0 Å². The Bertz CT molecular complexity index is 392. The zero-order chi connectivity index (χ0) is 12.4. The van der Waals surface area contributed by atoms with Gasteiger partial charge in [-0.1, -0.05) is 18.5 Å². The summed E-state index contributed by atoms with van der Waals surface area (Å²) in [6, 6.07) is 6.11. The van der Waals surface area contributed by atoms with Crippen LogP contribution in [0.15, 0.2) is 18.2 Å². The highest BCUT2D eigenvalue weighted by atomic mass is 35.5. The Kier molecular flexibility index (Phi) is 3.95. The normalized spacial score (nSPS) is 22.6. The monoisotopic (exact) mass is 252 g/mol. The summed E-state index contributed by atoms with van der Waals surface area (Å²) in [7, 11) is 2.16. The van der Waals surface area contributed by atoms with Crippen molar-refractivity contribution in [3.05, 3.63) is 28.8 Å². The Balaban J connectivity index is 2.12. The molecule has 0 saturated heterocycles. The van der Waals surface area contributed by atoms with Crippen molar-refractivity contribution in [1.82, 2.24) is 0 Å². The fourth-order valence-corrected chi connectivity index (χ4v) is 2.58. The van der Waals surface area contributed by atoms with Crippen LogP contribution >= 0.6 is 11.6 Å². The molecule has 1 aromatic carbocycles. The highest BCUT2D eigenvalue weighted by Gasteiger charge is 2.33. The molecule has 2 nitrogen and oxygen atoms in total. The van der Waals surface area contributed by atoms with Crippen LogP contribution in [0.2, 0.25) is 5.02 Å². The van der Waals surface area contributed by atoms with Gasteiger partial charge in [0, 0.05) is 24.3 Å². The van der Waals surface area contributed by atoms with Crippen LogP contribution in [0.25, 0.3) is 0 Å². The first-order chi connectivity index (χ1) is 8.11. The van der Waals surface area contributed by atoms with E-state index in [4.69, 9.17) is 17.3 Å². The van der Waals surface area contributed by atoms with Crippen LogP contribution in [-0.2, 0) is 6.42 Å². The molecule has 0 bridgehead atoms. The van der Waals surface area contributed by atoms with Gasteiger partial charge in [-0.3, -0.25) is 0 Å². The van der Waals surface area contributed by atoms with Gasteiger partial charge in [0.25, 0.3) is 0 Å². The Hall–Kier alpha value is -0.730. The molecular formula is C14H21ClN2. The van der Waals surface area contributed by atoms with Gasteiger partial charge in [0.2, 0.25) is 0 Å². The molecule has 2 unspecified atom stereocenters. The molecule has 0 aliphatic heterocycles. The van der Waals surface area contributed by atoms with E-state index in [1.54, 1.807) is 0 Å². The maximum absolute atomic E-state index is 6.04. The Morgan fingerprint density at radius 3 is 2.76 bits per heavy atom. The smallest absolute Gasteiger partial charge is 0.0410 e. The van der Waals surface area contributed by atoms with Crippen LogP contribution in [0.4, 0.5) is 5.69 Å². The number of hydrogen-bond acceptors (Lipinski definition) is 2. The highest BCUT2D eigenvalue weighted by Crippen LogP contribution is 2.39. The minimum absolute atomic E-state index is 0.668. The number of nitrogens with two attached hydrogens (primary N) is 1. The lowest BCUT2D eigenvalue weighted by Crippen LogP contribution is -2.22. The first-order valence-electron chi connectivity index (χ1n) is 6.31. The lowest BCUT2D eigenvalue weighted by atomic mass is 10.1. The minimum Gasteiger partial charge on any atom is -0.374 e. The summed E-state index contributed by atoms with van der Waals surface area (Å²) >= 11 is 6.04. The van der Waals surface area contributed by atoms with Gasteiger partial charge in [0.05, 0.1) is 0 Å². The van der Waals surface area contributed by atoms with E-state index in [0.717, 1.165) is 29.8 Å². The van der Waals surface area contributed by atoms with E-state index in [1.807, 2.05) is 12.1 Å². The standard InChI is InChI=1S/C14H21ClN2/c1-10-7-12(10)9-17(2)14-4-3-13(15)8-11(14)5-6-16/h3-4,8,10,12H,5-7,9,16H2,1-2H3. The second-order valence-corrected chi connectivity index (χ2v) is 5.60. The van der Waals surface area contributed by atoms with E-state index < -0.39 is 0 Å². The molecule has 0 heterocycles. The summed E-state index contributed by atoms with van der Waals surface area (Å²) in [6.07, 6.45) is 2.25. The predicted octanol–water partition coefficient (Wildman–Crippen LogP) is 2.93. The van der Waals surface area contributed by atoms with Crippen molar-refractivity contribution < 1.29 is 0 Å². The van der Waals surface area contributed by atoms with Gasteiger partial charge in [-0.25, -0.2) is 0 Å². The van der Waals surface area contributed by atoms with Gasteiger partial charge in [0.15, 0.2) is 0 Å². The number of rotatable bonds is 5. The van der Waals surface area contributed by atoms with Crippen LogP contribution in [0.3, 0.4) is 0 Å². The van der Waals surface area contributed by atoms with Gasteiger partial charge in [-0.05, 0) is 55.0 Å². The van der Waals surface area contributed by atoms with Crippen LogP contribution in [0, 0.1) is 11.8 Å². The first kappa shape index (κ1) is 12.7. The summed E-state index contributed by atoms with van der Waals surface area (Å²) in [6.45, 7) is 4.13. The van der Waals surface area contributed by atoms with Gasteiger partial charge < -0.3 is 10.6 Å². The largest absolute Gasteiger partial charge is 0.374 e. The third kappa shape index (κ3) is 3.14. The second-order valence-electron chi connectivity index (χ2n) is 5.17. The molecule has 2 atom stereocenters. The number of benzene rings is 1. The predicted molar refractivity (Wildman–Crippen MR) is 74.8 cm³/mol. The van der Waals surface area contributed by atoms with E-state index in [1.165, 1.54) is 17.7 Å². The molecule has 1 aliphatic rings. The third-order valence-electron chi connectivity index (χ3n) is 3.65. The van der Waals surface area contributed by atoms with E-state index in [-0.39, 0.29) is 0 Å². The molecule has 3 heteroatoms. The van der Waals surface area contributed by atoms with E-state index in [9.17, 15) is 0 Å². The molecular weight excluding hydrogens is 232 g/mol. The van der Waals surface area contributed by atoms with Crippen LogP contribution < -0.4 is 10.6 Å². The van der Waals surface area contributed by atoms with E-state index in [2.05, 4.69) is 24.9 Å². The maximum Gasteiger partial charge on any atom is 0.0410 e. The van der Waals surface area contributed by atoms with Crippen LogP contribution in [-0.4, -0.2) is 20.1 Å². The van der Waals surface area contributed by atoms with E-state index in [0.29, 0.717) is 6.54 Å². The summed E-state index contributed by atoms with van der Waals surface area (Å²) in [5.74, 6) is 1.75. The zero-order valence-electron chi connectivity index (χ0n) is 10.6. The SMILES string of the molecule is CC1CC1CN(C)c1ccc(Cl)cc1CCN. The molecule has 0 amide bonds. The number of hydrogen-bond donors (Lipinski definition) is 1. The summed E-state index contributed by atoms with van der Waals surface area (Å²) < 4.78 is 0. The zero-order valence-corrected chi connectivity index (χ0v) is 11.4. The number of halogens is 1. The average Bonchev–Trinajstić information content (AvgIpc) is 2.94. The molecule has 2 rings (SSSR count). The Labute approximate surface area is 109 Å². The molecule has 2 N–H and O–H groups in total. The topological polar surface area (TPSA) is 29.3 Å². The molecule has 17 heavy (non-hydrogen) atoms. The van der Waals surface area contributed by atoms with Crippen molar-refractivity contribution in [2.45, 2.75) is 19.8 Å². The molecule has 1 saturated carbocycles. The van der Waals surface area contributed by atoms with Crippen molar-refractivity contribution >= 4 is 17.3 Å². The molecule has 1 aromatic rings. The van der Waals surface area contributed by atoms with Crippen molar-refractivity contribution in [2.75, 3.05) is 25.0 Å². The molecule has 1 fully saturated rings. The lowest BCUT2D eigenvalue weighted by molar-refractivity contribution is 0.722. The second kappa shape index (κ2) is 5.28. The molecule has 94 valence electrons. The van der Waals surface area contributed by atoms with Crippen LogP contribution in [0.1, 0.15) is 18.9 Å². The fraction of sp³-hybridized carbons (Fsp3) is 0.571. The highest BCUT2D eigenvalue weighted by molar-refractivity contribution is 6.30. The van der Waals surface area contributed by atoms with E-state index >= 15 is 0 Å². The molecule has 1 aliphatic carbocycles. The van der Waals surface area contributed by atoms with Gasteiger partial charge in [-0.2, -0.15) is 0 Å². The molecule has 0 aromatic heterocycles. The van der Waals surface area contributed by atoms with Gasteiger partial charge >= 0.3 is 0 Å². The fourth-order valence-electron chi connectivity index (χ4n) is 2.39. The number of nitrogens with zero attached hydrogens (tertiary/aromatic N) is 1. The Morgan fingerprint density at radius 2 is 2.18 bits per heavy atom. The Morgan fingerprint density at radius 1 is 1.47 bits per heavy atom. The summed E-state index contributed by atoms with van der Waals surface area (Å²) in [5, 5.41) is 0.797. The summed E-state index contributed by atoms with van der Waals surface area (Å²) in [5.41, 5.74) is 8.19. The molecule has 0 spiro atoms. The van der Waals surface area contributed by atoms with Gasteiger partial charge in [0.1, 0.15) is 0 Å². The van der Waals surface area contributed by atoms with Crippen molar-refractivity contribution in [3.8, 4) is 0 Å². The number of anilines is 1. The van der Waals surface area contributed by atoms with Crippen molar-refractivity contribution in [2.24, 2.45) is 17.6 Å². The summed E-state index contributed by atoms with van der Waals surface area (Å²) in [4.78, 5) is 2.34. The third-order valence-corrected chi connectivity index (χ3v) is 3.89. The minimum atomic E-state index is 0.668. The molecule has 0 radical (unpaired) electrons. The maximum atomic E-state index is 6.04. The average molecular weight is 253 g/mol.